The van der Waals surface area contributed by atoms with E-state index in [-0.39, 0.29) is 5.78 Å². The van der Waals surface area contributed by atoms with Crippen molar-refractivity contribution < 1.29 is 4.79 Å². The summed E-state index contributed by atoms with van der Waals surface area (Å²) in [7, 11) is 4.15. The number of carbonyl (C=O) groups is 1. The maximum Gasteiger partial charge on any atom is 0.152 e. The van der Waals surface area contributed by atoms with Gasteiger partial charge in [0.15, 0.2) is 5.78 Å². The van der Waals surface area contributed by atoms with E-state index in [1.807, 2.05) is 18.2 Å². The molecular formula is C18H18N2O. The van der Waals surface area contributed by atoms with Crippen LogP contribution in [-0.4, -0.2) is 19.9 Å². The molecule has 1 aliphatic rings. The third-order valence-corrected chi connectivity index (χ3v) is 3.84. The molecule has 0 atom stereocenters. The lowest BCUT2D eigenvalue weighted by Crippen LogP contribution is -2.24. The number of allylic oxidation sites excluding steroid dienone is 1. The summed E-state index contributed by atoms with van der Waals surface area (Å²) in [4.78, 5) is 15.5. The highest BCUT2D eigenvalue weighted by Gasteiger charge is 2.23. The molecular weight excluding hydrogens is 260 g/mol. The molecule has 0 fully saturated rings. The Labute approximate surface area is 125 Å². The molecule has 0 bridgehead atoms. The highest BCUT2D eigenvalue weighted by Crippen LogP contribution is 2.46. The van der Waals surface area contributed by atoms with Crippen LogP contribution in [0.25, 0.3) is 6.08 Å². The summed E-state index contributed by atoms with van der Waals surface area (Å²) < 4.78 is 0. The van der Waals surface area contributed by atoms with Gasteiger partial charge in [-0.3, -0.25) is 4.79 Å². The monoisotopic (exact) mass is 278 g/mol. The van der Waals surface area contributed by atoms with Crippen molar-refractivity contribution in [1.82, 2.24) is 0 Å². The highest BCUT2D eigenvalue weighted by atomic mass is 16.1. The van der Waals surface area contributed by atoms with Crippen molar-refractivity contribution in [3.63, 3.8) is 0 Å². The van der Waals surface area contributed by atoms with E-state index in [1.165, 1.54) is 11.4 Å². The van der Waals surface area contributed by atoms with Gasteiger partial charge in [-0.05, 0) is 42.8 Å². The van der Waals surface area contributed by atoms with Crippen LogP contribution in [0.1, 0.15) is 12.5 Å². The summed E-state index contributed by atoms with van der Waals surface area (Å²) in [6.45, 7) is 1.56. The Bertz CT molecular complexity index is 734. The van der Waals surface area contributed by atoms with Crippen LogP contribution >= 0.6 is 0 Å². The molecule has 0 saturated heterocycles. The van der Waals surface area contributed by atoms with Gasteiger partial charge in [-0.15, -0.1) is 0 Å². The molecule has 0 saturated carbocycles. The first kappa shape index (κ1) is 13.4. The molecule has 2 aromatic rings. The van der Waals surface area contributed by atoms with Gasteiger partial charge in [-0.1, -0.05) is 24.3 Å². The first-order valence-corrected chi connectivity index (χ1v) is 6.97. The van der Waals surface area contributed by atoms with Crippen molar-refractivity contribution >= 4 is 34.6 Å². The Kier molecular flexibility index (Phi) is 3.26. The Hall–Kier alpha value is -2.55. The summed E-state index contributed by atoms with van der Waals surface area (Å²) in [6.07, 6.45) is 3.46. The van der Waals surface area contributed by atoms with Crippen LogP contribution in [0.2, 0.25) is 0 Å². The van der Waals surface area contributed by atoms with E-state index < -0.39 is 0 Å². The molecule has 1 heterocycles. The average Bonchev–Trinajstić information content (AvgIpc) is 2.50. The van der Waals surface area contributed by atoms with Gasteiger partial charge in [0.25, 0.3) is 0 Å². The van der Waals surface area contributed by atoms with Gasteiger partial charge in [0.2, 0.25) is 0 Å². The first-order chi connectivity index (χ1) is 10.1. The van der Waals surface area contributed by atoms with Crippen molar-refractivity contribution in [1.29, 1.82) is 0 Å². The van der Waals surface area contributed by atoms with Crippen molar-refractivity contribution in [2.24, 2.45) is 0 Å². The number of para-hydroxylation sites is 2. The highest BCUT2D eigenvalue weighted by molar-refractivity contribution is 5.95. The molecule has 0 spiro atoms. The van der Waals surface area contributed by atoms with Crippen molar-refractivity contribution in [2.45, 2.75) is 6.92 Å². The molecule has 0 aliphatic carbocycles. The molecule has 0 amide bonds. The second kappa shape index (κ2) is 5.09. The lowest BCUT2D eigenvalue weighted by molar-refractivity contribution is -0.112. The second-order valence-electron chi connectivity index (χ2n) is 5.30. The van der Waals surface area contributed by atoms with Crippen LogP contribution in [0.3, 0.4) is 0 Å². The quantitative estimate of drug-likeness (QED) is 0.771. The summed E-state index contributed by atoms with van der Waals surface area (Å²) >= 11 is 0. The maximum atomic E-state index is 11.1. The Morgan fingerprint density at radius 1 is 0.905 bits per heavy atom. The van der Waals surface area contributed by atoms with E-state index in [9.17, 15) is 4.79 Å². The van der Waals surface area contributed by atoms with Gasteiger partial charge in [0.05, 0.1) is 22.7 Å². The van der Waals surface area contributed by atoms with Crippen molar-refractivity contribution in [3.8, 4) is 0 Å². The predicted molar refractivity (Wildman–Crippen MR) is 88.7 cm³/mol. The summed E-state index contributed by atoms with van der Waals surface area (Å²) in [6, 6.07) is 14.6. The van der Waals surface area contributed by atoms with E-state index in [1.54, 1.807) is 13.0 Å². The second-order valence-corrected chi connectivity index (χ2v) is 5.30. The Balaban J connectivity index is 2.08. The fraction of sp³-hybridized carbons (Fsp3) is 0.167. The van der Waals surface area contributed by atoms with Crippen LogP contribution in [0, 0.1) is 0 Å². The number of ketones is 1. The van der Waals surface area contributed by atoms with Gasteiger partial charge in [-0.25, -0.2) is 0 Å². The Morgan fingerprint density at radius 2 is 1.48 bits per heavy atom. The summed E-state index contributed by atoms with van der Waals surface area (Å²) in [5, 5.41) is 0. The number of rotatable bonds is 2. The minimum atomic E-state index is 0.0588. The van der Waals surface area contributed by atoms with Gasteiger partial charge >= 0.3 is 0 Å². The minimum Gasteiger partial charge on any atom is -0.341 e. The average molecular weight is 278 g/mol. The standard InChI is InChI=1S/C18H18N2O/c1-13(21)8-9-14-10-11-17-18(12-14)20(3)16-7-5-4-6-15(16)19(17)2/h4-12H,1-3H3/b9-8+. The number of carbonyl (C=O) groups excluding carboxylic acids is 1. The lowest BCUT2D eigenvalue weighted by atomic mass is 10.1. The molecule has 0 unspecified atom stereocenters. The zero-order valence-corrected chi connectivity index (χ0v) is 12.5. The summed E-state index contributed by atoms with van der Waals surface area (Å²) in [5.41, 5.74) is 5.71. The van der Waals surface area contributed by atoms with Crippen LogP contribution in [0.5, 0.6) is 0 Å². The van der Waals surface area contributed by atoms with Gasteiger partial charge < -0.3 is 9.80 Å². The zero-order chi connectivity index (χ0) is 15.0. The SMILES string of the molecule is CC(=O)/C=C/c1ccc2c(c1)N(C)c1ccccc1N2C. The van der Waals surface area contributed by atoms with Gasteiger partial charge in [0.1, 0.15) is 0 Å². The van der Waals surface area contributed by atoms with E-state index in [0.29, 0.717) is 0 Å². The third-order valence-electron chi connectivity index (χ3n) is 3.84. The summed E-state index contributed by atoms with van der Waals surface area (Å²) in [5.74, 6) is 0.0588. The number of nitrogens with zero attached hydrogens (tertiary/aromatic N) is 2. The number of benzene rings is 2. The predicted octanol–water partition coefficient (Wildman–Crippen LogP) is 4.14. The molecule has 0 aromatic heterocycles. The molecule has 3 rings (SSSR count). The number of hydrogen-bond donors (Lipinski definition) is 0. The molecule has 0 radical (unpaired) electrons. The number of fused-ring (bicyclic) bond motifs is 2. The largest absolute Gasteiger partial charge is 0.341 e. The normalized spacial score (nSPS) is 13.3. The van der Waals surface area contributed by atoms with Crippen molar-refractivity contribution in [2.75, 3.05) is 23.9 Å². The number of hydrogen-bond acceptors (Lipinski definition) is 3. The van der Waals surface area contributed by atoms with Gasteiger partial charge in [0, 0.05) is 14.1 Å². The maximum absolute atomic E-state index is 11.1. The van der Waals surface area contributed by atoms with Crippen LogP contribution in [-0.2, 0) is 4.79 Å². The number of anilines is 4. The van der Waals surface area contributed by atoms with Crippen molar-refractivity contribution in [3.05, 3.63) is 54.1 Å². The van der Waals surface area contributed by atoms with Crippen LogP contribution in [0.4, 0.5) is 22.7 Å². The molecule has 3 heteroatoms. The lowest BCUT2D eigenvalue weighted by Gasteiger charge is -2.36. The fourth-order valence-corrected chi connectivity index (χ4v) is 2.70. The molecule has 1 aliphatic heterocycles. The first-order valence-electron chi connectivity index (χ1n) is 6.97. The Morgan fingerprint density at radius 3 is 2.10 bits per heavy atom. The van der Waals surface area contributed by atoms with Crippen LogP contribution in [0.15, 0.2) is 48.5 Å². The molecule has 21 heavy (non-hydrogen) atoms. The van der Waals surface area contributed by atoms with E-state index in [0.717, 1.165) is 16.9 Å². The van der Waals surface area contributed by atoms with E-state index >= 15 is 0 Å². The van der Waals surface area contributed by atoms with E-state index in [4.69, 9.17) is 0 Å². The van der Waals surface area contributed by atoms with E-state index in [2.05, 4.69) is 54.2 Å². The van der Waals surface area contributed by atoms with Crippen LogP contribution < -0.4 is 9.80 Å². The molecule has 3 nitrogen and oxygen atoms in total. The zero-order valence-electron chi connectivity index (χ0n) is 12.5. The molecule has 106 valence electrons. The fourth-order valence-electron chi connectivity index (χ4n) is 2.70. The smallest absolute Gasteiger partial charge is 0.152 e. The third kappa shape index (κ3) is 2.31. The molecule has 2 aromatic carbocycles. The van der Waals surface area contributed by atoms with Gasteiger partial charge in [-0.2, -0.15) is 0 Å². The molecule has 0 N–H and O–H groups in total. The topological polar surface area (TPSA) is 23.6 Å². The minimum absolute atomic E-state index is 0.0588.